The second kappa shape index (κ2) is 10.1. The van der Waals surface area contributed by atoms with E-state index in [1.807, 2.05) is 18.2 Å². The zero-order valence-corrected chi connectivity index (χ0v) is 13.3. The summed E-state index contributed by atoms with van der Waals surface area (Å²) in [5.41, 5.74) is 7.00. The van der Waals surface area contributed by atoms with Crippen molar-refractivity contribution in [1.82, 2.24) is 5.32 Å². The van der Waals surface area contributed by atoms with Gasteiger partial charge in [0.05, 0.1) is 4.86 Å². The third-order valence-corrected chi connectivity index (χ3v) is 3.03. The molecule has 0 aromatic carbocycles. The molecule has 4 heteroatoms. The van der Waals surface area contributed by atoms with Crippen LogP contribution in [0.25, 0.3) is 0 Å². The summed E-state index contributed by atoms with van der Waals surface area (Å²) in [7, 11) is 0. The molecule has 21 heavy (non-hydrogen) atoms. The van der Waals surface area contributed by atoms with Gasteiger partial charge in [0.15, 0.2) is 0 Å². The van der Waals surface area contributed by atoms with Crippen LogP contribution in [0.5, 0.6) is 0 Å². The molecule has 3 N–H and O–H groups in total. The van der Waals surface area contributed by atoms with Crippen LogP contribution < -0.4 is 11.1 Å². The van der Waals surface area contributed by atoms with E-state index in [1.165, 1.54) is 0 Å². The maximum atomic E-state index is 12.0. The molecule has 1 rings (SSSR count). The first-order valence-corrected chi connectivity index (χ1v) is 7.63. The molecule has 112 valence electrons. The van der Waals surface area contributed by atoms with Gasteiger partial charge in [-0.05, 0) is 44.9 Å². The summed E-state index contributed by atoms with van der Waals surface area (Å²) in [5, 5.41) is 2.92. The number of hydrogen-bond donors (Lipinski definition) is 2. The van der Waals surface area contributed by atoms with Crippen molar-refractivity contribution in [2.45, 2.75) is 32.6 Å². The van der Waals surface area contributed by atoms with Crippen LogP contribution in [0.4, 0.5) is 0 Å². The van der Waals surface area contributed by atoms with Crippen molar-refractivity contribution in [3.63, 3.8) is 0 Å². The van der Waals surface area contributed by atoms with Crippen molar-refractivity contribution in [2.24, 2.45) is 5.73 Å². The molecule has 0 heterocycles. The molecular formula is C17H22N2OS. The largest absolute Gasteiger partial charge is 0.352 e. The number of carbonyl (C=O) groups excluding carboxylic acids is 1. The molecular weight excluding hydrogens is 280 g/mol. The van der Waals surface area contributed by atoms with E-state index >= 15 is 0 Å². The summed E-state index contributed by atoms with van der Waals surface area (Å²) < 4.78 is 0. The van der Waals surface area contributed by atoms with Crippen LogP contribution in [0, 0.1) is 11.8 Å². The topological polar surface area (TPSA) is 55.1 Å². The predicted octanol–water partition coefficient (Wildman–Crippen LogP) is 2.44. The number of rotatable bonds is 6. The van der Waals surface area contributed by atoms with E-state index in [4.69, 9.17) is 18.0 Å². The number of nitrogens with two attached hydrogens (primary N) is 1. The van der Waals surface area contributed by atoms with Gasteiger partial charge >= 0.3 is 0 Å². The molecule has 0 saturated heterocycles. The smallest absolute Gasteiger partial charge is 0.250 e. The number of unbranched alkanes of at least 4 members (excludes halogenated alkanes) is 2. The minimum atomic E-state index is -0.0346. The quantitative estimate of drug-likeness (QED) is 0.450. The van der Waals surface area contributed by atoms with Crippen molar-refractivity contribution in [1.29, 1.82) is 0 Å². The first-order valence-electron chi connectivity index (χ1n) is 7.22. The fraction of sp³-hybridized carbons (Fsp3) is 0.412. The Labute approximate surface area is 132 Å². The van der Waals surface area contributed by atoms with Crippen molar-refractivity contribution >= 4 is 23.0 Å². The monoisotopic (exact) mass is 302 g/mol. The number of thiocarbonyl (C=S) groups is 1. The molecule has 0 aliphatic heterocycles. The molecule has 0 unspecified atom stereocenters. The lowest BCUT2D eigenvalue weighted by Gasteiger charge is -2.05. The zero-order valence-electron chi connectivity index (χ0n) is 12.4. The average Bonchev–Trinajstić information content (AvgIpc) is 2.70. The molecule has 0 bridgehead atoms. The van der Waals surface area contributed by atoms with Gasteiger partial charge in [-0.25, -0.2) is 0 Å². The van der Waals surface area contributed by atoms with E-state index in [2.05, 4.69) is 17.2 Å². The van der Waals surface area contributed by atoms with E-state index < -0.39 is 0 Å². The Bertz CT molecular complexity index is 533. The van der Waals surface area contributed by atoms with Gasteiger partial charge in [0.2, 0.25) is 0 Å². The highest BCUT2D eigenvalue weighted by atomic mass is 32.1. The van der Waals surface area contributed by atoms with Crippen LogP contribution in [-0.4, -0.2) is 23.9 Å². The summed E-state index contributed by atoms with van der Waals surface area (Å²) in [4.78, 5) is 12.7. The van der Waals surface area contributed by atoms with Gasteiger partial charge < -0.3 is 11.1 Å². The number of nitrogens with one attached hydrogen (secondary N) is 1. The Morgan fingerprint density at radius 3 is 2.86 bits per heavy atom. The minimum Gasteiger partial charge on any atom is -0.352 e. The normalized spacial score (nSPS) is 13.4. The molecule has 0 fully saturated rings. The lowest BCUT2D eigenvalue weighted by atomic mass is 10.2. The summed E-state index contributed by atoms with van der Waals surface area (Å²) in [6, 6.07) is 0. The molecule has 1 aliphatic carbocycles. The zero-order chi connectivity index (χ0) is 15.5. The Kier molecular flexibility index (Phi) is 8.34. The molecule has 0 aromatic rings. The van der Waals surface area contributed by atoms with Crippen LogP contribution in [0.2, 0.25) is 0 Å². The maximum absolute atomic E-state index is 12.0. The van der Waals surface area contributed by atoms with Gasteiger partial charge in [-0.15, -0.1) is 0 Å². The minimum absolute atomic E-state index is 0.0346. The Balaban J connectivity index is 2.46. The summed E-state index contributed by atoms with van der Waals surface area (Å²) in [6.07, 6.45) is 11.3. The van der Waals surface area contributed by atoms with Crippen molar-refractivity contribution < 1.29 is 4.79 Å². The van der Waals surface area contributed by atoms with Crippen LogP contribution in [0.3, 0.4) is 0 Å². The molecule has 0 atom stereocenters. The molecule has 0 saturated carbocycles. The van der Waals surface area contributed by atoms with Gasteiger partial charge in [-0.1, -0.05) is 42.6 Å². The predicted molar refractivity (Wildman–Crippen MR) is 91.9 cm³/mol. The van der Waals surface area contributed by atoms with Crippen molar-refractivity contribution in [3.8, 4) is 11.8 Å². The van der Waals surface area contributed by atoms with Crippen LogP contribution in [0.15, 0.2) is 35.5 Å². The molecule has 1 amide bonds. The lowest BCUT2D eigenvalue weighted by molar-refractivity contribution is -0.117. The van der Waals surface area contributed by atoms with E-state index in [1.54, 1.807) is 13.0 Å². The van der Waals surface area contributed by atoms with Gasteiger partial charge in [-0.2, -0.15) is 0 Å². The van der Waals surface area contributed by atoms with E-state index in [-0.39, 0.29) is 5.91 Å². The van der Waals surface area contributed by atoms with Crippen LogP contribution >= 0.6 is 12.2 Å². The molecule has 1 aliphatic rings. The fourth-order valence-corrected chi connectivity index (χ4v) is 1.85. The van der Waals surface area contributed by atoms with E-state index in [0.717, 1.165) is 24.8 Å². The summed E-state index contributed by atoms with van der Waals surface area (Å²) in [5.74, 6) is 5.83. The van der Waals surface area contributed by atoms with Crippen LogP contribution in [-0.2, 0) is 4.79 Å². The van der Waals surface area contributed by atoms with Crippen molar-refractivity contribution in [2.75, 3.05) is 13.1 Å². The first kappa shape index (κ1) is 17.4. The van der Waals surface area contributed by atoms with Gasteiger partial charge in [0.25, 0.3) is 5.91 Å². The third kappa shape index (κ3) is 7.60. The number of amides is 1. The van der Waals surface area contributed by atoms with Gasteiger partial charge in [0, 0.05) is 17.7 Å². The van der Waals surface area contributed by atoms with E-state index in [9.17, 15) is 4.79 Å². The highest BCUT2D eigenvalue weighted by Gasteiger charge is 2.06. The average molecular weight is 302 g/mol. The van der Waals surface area contributed by atoms with Gasteiger partial charge in [-0.3, -0.25) is 4.79 Å². The summed E-state index contributed by atoms with van der Waals surface area (Å²) >= 11 is 4.93. The standard InChI is InChI=1S/C17H22N2OS/c1-14(21)8-9-15-6-5-7-16(11-10-15)17(20)19-13-4-2-3-12-18/h6-7,10-11H,2-5,12-13,18H2,1H3,(H,19,20). The number of carbonyl (C=O) groups is 1. The first-order chi connectivity index (χ1) is 10.1. The van der Waals surface area contributed by atoms with Gasteiger partial charge in [0.1, 0.15) is 0 Å². The molecule has 3 nitrogen and oxygen atoms in total. The van der Waals surface area contributed by atoms with E-state index in [0.29, 0.717) is 29.9 Å². The third-order valence-electron chi connectivity index (χ3n) is 2.93. The second-order valence-corrected chi connectivity index (χ2v) is 5.41. The summed E-state index contributed by atoms with van der Waals surface area (Å²) in [6.45, 7) is 3.19. The highest BCUT2D eigenvalue weighted by molar-refractivity contribution is 7.80. The van der Waals surface area contributed by atoms with Crippen LogP contribution in [0.1, 0.15) is 32.6 Å². The lowest BCUT2D eigenvalue weighted by Crippen LogP contribution is -2.25. The Hall–Kier alpha value is -1.70. The second-order valence-electron chi connectivity index (χ2n) is 4.80. The van der Waals surface area contributed by atoms with Crippen molar-refractivity contribution in [3.05, 3.63) is 35.5 Å². The number of hydrogen-bond acceptors (Lipinski definition) is 3. The number of allylic oxidation sites excluding steroid dienone is 4. The molecule has 0 radical (unpaired) electrons. The Morgan fingerprint density at radius 2 is 2.14 bits per heavy atom. The maximum Gasteiger partial charge on any atom is 0.250 e. The SMILES string of the molecule is CC(=S)C#CC1=CCC=C(C(=O)NCCCCCN)C=C1. The Morgan fingerprint density at radius 1 is 1.33 bits per heavy atom. The molecule has 0 spiro atoms. The fourth-order valence-electron chi connectivity index (χ4n) is 1.80. The molecule has 0 aromatic heterocycles. The highest BCUT2D eigenvalue weighted by Crippen LogP contribution is 2.10.